The van der Waals surface area contributed by atoms with Crippen LogP contribution in [0.4, 0.5) is 5.69 Å². The lowest BCUT2D eigenvalue weighted by atomic mass is 10.2. The van der Waals surface area contributed by atoms with Gasteiger partial charge in [0, 0.05) is 6.20 Å². The molecule has 0 aliphatic rings. The van der Waals surface area contributed by atoms with Gasteiger partial charge in [0.05, 0.1) is 28.9 Å². The minimum absolute atomic E-state index is 0.141. The molecule has 21 heavy (non-hydrogen) atoms. The molecule has 0 amide bonds. The largest absolute Gasteiger partial charge is 0.462 e. The third-order valence-electron chi connectivity index (χ3n) is 2.31. The molecule has 0 saturated heterocycles. The minimum Gasteiger partial charge on any atom is -0.462 e. The molecule has 1 N–H and O–H groups in total. The van der Waals surface area contributed by atoms with E-state index in [4.69, 9.17) is 32.7 Å². The summed E-state index contributed by atoms with van der Waals surface area (Å²) in [6.07, 6.45) is 1.17. The van der Waals surface area contributed by atoms with Crippen molar-refractivity contribution in [2.75, 3.05) is 18.5 Å². The van der Waals surface area contributed by atoms with Gasteiger partial charge < -0.3 is 14.8 Å². The summed E-state index contributed by atoms with van der Waals surface area (Å²) in [4.78, 5) is 23.5. The van der Waals surface area contributed by atoms with Crippen molar-refractivity contribution in [2.45, 2.75) is 13.8 Å². The number of anilines is 1. The molecule has 1 aromatic rings. The van der Waals surface area contributed by atoms with Gasteiger partial charge in [-0.25, -0.2) is 9.59 Å². The van der Waals surface area contributed by atoms with E-state index in [9.17, 15) is 9.59 Å². The lowest BCUT2D eigenvalue weighted by molar-refractivity contribution is -0.146. The van der Waals surface area contributed by atoms with Crippen molar-refractivity contribution in [3.8, 4) is 0 Å². The maximum absolute atomic E-state index is 11.8. The summed E-state index contributed by atoms with van der Waals surface area (Å²) < 4.78 is 9.61. The lowest BCUT2D eigenvalue weighted by Crippen LogP contribution is -2.19. The number of nitrogens with one attached hydrogen (secondary N) is 1. The van der Waals surface area contributed by atoms with E-state index in [0.29, 0.717) is 15.7 Å². The van der Waals surface area contributed by atoms with Crippen molar-refractivity contribution in [3.63, 3.8) is 0 Å². The Morgan fingerprint density at radius 2 is 1.57 bits per heavy atom. The highest BCUT2D eigenvalue weighted by molar-refractivity contribution is 6.39. The van der Waals surface area contributed by atoms with Gasteiger partial charge in [0.15, 0.2) is 5.57 Å². The first kappa shape index (κ1) is 17.3. The second-order valence-electron chi connectivity index (χ2n) is 3.74. The van der Waals surface area contributed by atoms with Crippen LogP contribution in [0, 0.1) is 0 Å². The quantitative estimate of drug-likeness (QED) is 0.374. The zero-order valence-electron chi connectivity index (χ0n) is 11.6. The third kappa shape index (κ3) is 4.95. The van der Waals surface area contributed by atoms with Gasteiger partial charge in [0.25, 0.3) is 0 Å². The van der Waals surface area contributed by atoms with Crippen molar-refractivity contribution in [3.05, 3.63) is 40.0 Å². The molecule has 5 nitrogen and oxygen atoms in total. The Kier molecular flexibility index (Phi) is 7.05. The number of rotatable bonds is 6. The monoisotopic (exact) mass is 331 g/mol. The summed E-state index contributed by atoms with van der Waals surface area (Å²) in [6, 6.07) is 4.92. The summed E-state index contributed by atoms with van der Waals surface area (Å²) in [7, 11) is 0. The Balaban J connectivity index is 3.02. The molecule has 1 aromatic carbocycles. The molecule has 0 unspecified atom stereocenters. The van der Waals surface area contributed by atoms with E-state index in [1.54, 1.807) is 32.0 Å². The van der Waals surface area contributed by atoms with E-state index in [-0.39, 0.29) is 18.8 Å². The van der Waals surface area contributed by atoms with Crippen LogP contribution in [0.5, 0.6) is 0 Å². The number of para-hydroxylation sites is 1. The fraction of sp³-hybridized carbons (Fsp3) is 0.286. The molecule has 0 aliphatic heterocycles. The van der Waals surface area contributed by atoms with Gasteiger partial charge in [-0.2, -0.15) is 0 Å². The van der Waals surface area contributed by atoms with Gasteiger partial charge in [-0.05, 0) is 26.0 Å². The highest BCUT2D eigenvalue weighted by Gasteiger charge is 2.21. The average Bonchev–Trinajstić information content (AvgIpc) is 2.42. The second-order valence-corrected chi connectivity index (χ2v) is 4.55. The fourth-order valence-electron chi connectivity index (χ4n) is 1.40. The zero-order chi connectivity index (χ0) is 15.8. The fourth-order valence-corrected chi connectivity index (χ4v) is 1.91. The molecule has 0 fully saturated rings. The van der Waals surface area contributed by atoms with Crippen molar-refractivity contribution >= 4 is 40.8 Å². The highest BCUT2D eigenvalue weighted by Crippen LogP contribution is 2.29. The normalized spacial score (nSPS) is 9.71. The Labute approximate surface area is 132 Å². The maximum atomic E-state index is 11.8. The van der Waals surface area contributed by atoms with Gasteiger partial charge >= 0.3 is 11.9 Å². The first-order valence-electron chi connectivity index (χ1n) is 6.26. The number of hydrogen-bond acceptors (Lipinski definition) is 5. The van der Waals surface area contributed by atoms with Gasteiger partial charge in [-0.15, -0.1) is 0 Å². The van der Waals surface area contributed by atoms with E-state index < -0.39 is 11.9 Å². The minimum atomic E-state index is -0.786. The number of esters is 2. The van der Waals surface area contributed by atoms with E-state index in [0.717, 1.165) is 0 Å². The highest BCUT2D eigenvalue weighted by atomic mass is 35.5. The van der Waals surface area contributed by atoms with Gasteiger partial charge in [-0.3, -0.25) is 0 Å². The van der Waals surface area contributed by atoms with Crippen LogP contribution in [0.25, 0.3) is 0 Å². The summed E-state index contributed by atoms with van der Waals surface area (Å²) >= 11 is 12.0. The lowest BCUT2D eigenvalue weighted by Gasteiger charge is -2.09. The van der Waals surface area contributed by atoms with E-state index >= 15 is 0 Å². The van der Waals surface area contributed by atoms with Crippen LogP contribution in [0.15, 0.2) is 30.0 Å². The molecule has 0 radical (unpaired) electrons. The number of benzene rings is 1. The molecule has 0 bridgehead atoms. The van der Waals surface area contributed by atoms with E-state index in [2.05, 4.69) is 5.32 Å². The Bertz CT molecular complexity index is 518. The summed E-state index contributed by atoms with van der Waals surface area (Å²) in [6.45, 7) is 3.56. The van der Waals surface area contributed by atoms with Crippen molar-refractivity contribution < 1.29 is 19.1 Å². The molecule has 7 heteroatoms. The first-order chi connectivity index (χ1) is 10.0. The molecule has 0 spiro atoms. The predicted octanol–water partition coefficient (Wildman–Crippen LogP) is 3.42. The van der Waals surface area contributed by atoms with Crippen molar-refractivity contribution in [1.29, 1.82) is 0 Å². The molecule has 0 aliphatic carbocycles. The zero-order valence-corrected chi connectivity index (χ0v) is 13.1. The Morgan fingerprint density at radius 1 is 1.10 bits per heavy atom. The summed E-state index contributed by atoms with van der Waals surface area (Å²) in [5, 5.41) is 3.44. The number of carbonyl (C=O) groups is 2. The van der Waals surface area contributed by atoms with Crippen LogP contribution in [0.2, 0.25) is 10.0 Å². The number of carbonyl (C=O) groups excluding carboxylic acids is 2. The molecular weight excluding hydrogens is 317 g/mol. The van der Waals surface area contributed by atoms with Gasteiger partial charge in [0.1, 0.15) is 0 Å². The van der Waals surface area contributed by atoms with E-state index in [1.165, 1.54) is 6.20 Å². The number of ether oxygens (including phenoxy) is 2. The first-order valence-corrected chi connectivity index (χ1v) is 7.01. The van der Waals surface area contributed by atoms with Crippen LogP contribution >= 0.6 is 23.2 Å². The molecule has 0 aromatic heterocycles. The van der Waals surface area contributed by atoms with Crippen molar-refractivity contribution in [2.24, 2.45) is 0 Å². The van der Waals surface area contributed by atoms with Gasteiger partial charge in [0.2, 0.25) is 0 Å². The standard InChI is InChI=1S/C14H15Cl2NO4/c1-3-20-13(18)9(14(19)21-4-2)8-17-12-10(15)6-5-7-11(12)16/h5-8,17H,3-4H2,1-2H3. The van der Waals surface area contributed by atoms with Crippen LogP contribution in [0.3, 0.4) is 0 Å². The molecule has 0 saturated carbocycles. The summed E-state index contributed by atoms with van der Waals surface area (Å²) in [5.41, 5.74) is 0.113. The maximum Gasteiger partial charge on any atom is 0.347 e. The van der Waals surface area contributed by atoms with Crippen LogP contribution in [-0.2, 0) is 19.1 Å². The van der Waals surface area contributed by atoms with Crippen LogP contribution in [0.1, 0.15) is 13.8 Å². The molecule has 114 valence electrons. The predicted molar refractivity (Wildman–Crippen MR) is 81.4 cm³/mol. The Morgan fingerprint density at radius 3 is 2.00 bits per heavy atom. The van der Waals surface area contributed by atoms with Crippen LogP contribution in [-0.4, -0.2) is 25.2 Å². The third-order valence-corrected chi connectivity index (χ3v) is 2.94. The van der Waals surface area contributed by atoms with Crippen molar-refractivity contribution in [1.82, 2.24) is 0 Å². The van der Waals surface area contributed by atoms with E-state index in [1.807, 2.05) is 0 Å². The Hall–Kier alpha value is -1.72. The second kappa shape index (κ2) is 8.54. The summed E-state index contributed by atoms with van der Waals surface area (Å²) in [5.74, 6) is -1.57. The van der Waals surface area contributed by atoms with Crippen LogP contribution < -0.4 is 5.32 Å². The molecule has 1 rings (SSSR count). The average molecular weight is 332 g/mol. The topological polar surface area (TPSA) is 64.6 Å². The molecule has 0 heterocycles. The molecular formula is C14H15Cl2NO4. The molecule has 0 atom stereocenters. The number of halogens is 2. The van der Waals surface area contributed by atoms with Gasteiger partial charge in [-0.1, -0.05) is 29.3 Å². The number of hydrogen-bond donors (Lipinski definition) is 1. The smallest absolute Gasteiger partial charge is 0.347 e. The SMILES string of the molecule is CCOC(=O)C(=CNc1c(Cl)cccc1Cl)C(=O)OCC.